The second-order valence-electron chi connectivity index (χ2n) is 9.29. The third kappa shape index (κ3) is 3.13. The fourth-order valence-electron chi connectivity index (χ4n) is 6.08. The molecular weight excluding hydrogens is 444 g/mol. The van der Waals surface area contributed by atoms with Gasteiger partial charge in [0.25, 0.3) is 0 Å². The number of benzene rings is 1. The number of nitrogens with one attached hydrogen (secondary N) is 1. The van der Waals surface area contributed by atoms with Gasteiger partial charge in [-0.05, 0) is 44.1 Å². The summed E-state index contributed by atoms with van der Waals surface area (Å²) in [6.45, 7) is 0.647. The minimum atomic E-state index is -1.16. The van der Waals surface area contributed by atoms with Crippen molar-refractivity contribution in [3.8, 4) is 11.5 Å². The Morgan fingerprint density at radius 2 is 2.12 bits per heavy atom. The van der Waals surface area contributed by atoms with Crippen LogP contribution < -0.4 is 10.1 Å². The highest BCUT2D eigenvalue weighted by Gasteiger charge is 2.72. The lowest BCUT2D eigenvalue weighted by atomic mass is 9.50. The summed E-state index contributed by atoms with van der Waals surface area (Å²) in [5, 5.41) is 33.5. The summed E-state index contributed by atoms with van der Waals surface area (Å²) < 4.78 is 11.8. The number of phenols is 1. The Morgan fingerprint density at radius 1 is 1.32 bits per heavy atom. The first-order valence-corrected chi connectivity index (χ1v) is 11.2. The van der Waals surface area contributed by atoms with Gasteiger partial charge in [0.05, 0.1) is 17.4 Å². The van der Waals surface area contributed by atoms with Crippen LogP contribution in [0.1, 0.15) is 30.4 Å². The van der Waals surface area contributed by atoms with Crippen LogP contribution in [-0.2, 0) is 31.0 Å². The van der Waals surface area contributed by atoms with Crippen molar-refractivity contribution < 1.29 is 39.2 Å². The molecule has 1 aromatic carbocycles. The van der Waals surface area contributed by atoms with Gasteiger partial charge in [0.15, 0.2) is 17.6 Å². The lowest BCUT2D eigenvalue weighted by molar-refractivity contribution is -0.168. The molecule has 1 amide bonds. The molecule has 0 radical (unpaired) electrons. The van der Waals surface area contributed by atoms with Crippen LogP contribution in [0.5, 0.6) is 11.5 Å². The molecule has 0 aromatic heterocycles. The van der Waals surface area contributed by atoms with E-state index in [0.717, 1.165) is 23.3 Å². The molecule has 5 rings (SSSR count). The van der Waals surface area contributed by atoms with Gasteiger partial charge in [-0.3, -0.25) is 9.59 Å². The third-order valence-electron chi connectivity index (χ3n) is 7.58. The van der Waals surface area contributed by atoms with Crippen molar-refractivity contribution in [2.24, 2.45) is 0 Å². The fourth-order valence-corrected chi connectivity index (χ4v) is 6.08. The molecule has 2 aliphatic heterocycles. The molecule has 4 atom stereocenters. The summed E-state index contributed by atoms with van der Waals surface area (Å²) in [5.41, 5.74) is -0.234. The number of likely N-dealkylation sites (N-methyl/N-ethyl adjacent to an activating group) is 1. The van der Waals surface area contributed by atoms with E-state index in [0.29, 0.717) is 25.1 Å². The first-order chi connectivity index (χ1) is 16.2. The monoisotopic (exact) mass is 470 g/mol. The van der Waals surface area contributed by atoms with Crippen LogP contribution in [0, 0.1) is 0 Å². The minimum Gasteiger partial charge on any atom is -0.504 e. The molecule has 10 heteroatoms. The average molecular weight is 470 g/mol. The van der Waals surface area contributed by atoms with Crippen molar-refractivity contribution in [2.45, 2.75) is 48.8 Å². The number of aliphatic hydroxyl groups is 1. The van der Waals surface area contributed by atoms with Crippen molar-refractivity contribution >= 4 is 17.8 Å². The van der Waals surface area contributed by atoms with Crippen LogP contribution in [0.3, 0.4) is 0 Å². The molecule has 4 aliphatic rings. The number of aliphatic carboxylic acids is 1. The standard InChI is InChI=1S/C24H26N2O8/c1-26-11-9-23-20-13-2-3-14(27)21(20)34-22(23)15(6-8-24(23,32)16(26)12-13)33-19(31)5-4-17(28)25-10-7-18(29)30/h2-6,16,22,27,32H,7-12H2,1H3,(H,25,28)(H,29,30)/b5-4+/t16-,22?,23?,24-/m1/s1. The zero-order valence-corrected chi connectivity index (χ0v) is 18.6. The molecule has 2 bridgehead atoms. The van der Waals surface area contributed by atoms with Crippen LogP contribution in [0.4, 0.5) is 0 Å². The maximum Gasteiger partial charge on any atom is 0.336 e. The molecule has 1 fully saturated rings. The third-order valence-corrected chi connectivity index (χ3v) is 7.58. The van der Waals surface area contributed by atoms with Crippen LogP contribution in [-0.4, -0.2) is 75.9 Å². The number of likely N-dealkylation sites (tertiary alicyclic amines) is 1. The molecule has 2 heterocycles. The molecule has 1 aromatic rings. The van der Waals surface area contributed by atoms with E-state index in [1.807, 2.05) is 13.1 Å². The summed E-state index contributed by atoms with van der Waals surface area (Å²) in [4.78, 5) is 37.0. The van der Waals surface area contributed by atoms with Gasteiger partial charge in [-0.25, -0.2) is 4.79 Å². The number of piperidine rings is 1. The van der Waals surface area contributed by atoms with E-state index in [4.69, 9.17) is 14.6 Å². The first-order valence-electron chi connectivity index (χ1n) is 11.2. The lowest BCUT2D eigenvalue weighted by Crippen LogP contribution is -2.74. The van der Waals surface area contributed by atoms with Gasteiger partial charge >= 0.3 is 11.9 Å². The quantitative estimate of drug-likeness (QED) is 0.342. The Balaban J connectivity index is 1.41. The molecule has 10 nitrogen and oxygen atoms in total. The molecule has 180 valence electrons. The predicted octanol–water partition coefficient (Wildman–Crippen LogP) is 0.360. The number of aromatic hydroxyl groups is 1. The van der Waals surface area contributed by atoms with E-state index in [9.17, 15) is 24.6 Å². The van der Waals surface area contributed by atoms with Gasteiger partial charge < -0.3 is 35.0 Å². The van der Waals surface area contributed by atoms with E-state index < -0.39 is 35.0 Å². The number of carbonyl (C=O) groups is 3. The van der Waals surface area contributed by atoms with Crippen molar-refractivity contribution in [1.82, 2.24) is 10.2 Å². The summed E-state index contributed by atoms with van der Waals surface area (Å²) >= 11 is 0. The summed E-state index contributed by atoms with van der Waals surface area (Å²) in [6.07, 6.45) is 3.98. The van der Waals surface area contributed by atoms with Gasteiger partial charge in [0, 0.05) is 36.7 Å². The zero-order valence-electron chi connectivity index (χ0n) is 18.6. The second kappa shape index (κ2) is 7.85. The largest absolute Gasteiger partial charge is 0.504 e. The number of hydrogen-bond acceptors (Lipinski definition) is 8. The Bertz CT molecular complexity index is 1140. The number of carboxylic acids is 1. The Kier molecular flexibility index (Phi) is 5.18. The van der Waals surface area contributed by atoms with Gasteiger partial charge in [0.1, 0.15) is 5.76 Å². The van der Waals surface area contributed by atoms with E-state index in [-0.39, 0.29) is 36.9 Å². The van der Waals surface area contributed by atoms with Gasteiger partial charge in [0.2, 0.25) is 5.91 Å². The zero-order chi connectivity index (χ0) is 24.3. The second-order valence-corrected chi connectivity index (χ2v) is 9.29. The Morgan fingerprint density at radius 3 is 2.88 bits per heavy atom. The number of carbonyl (C=O) groups excluding carboxylic acids is 2. The van der Waals surface area contributed by atoms with Crippen molar-refractivity contribution in [3.05, 3.63) is 47.2 Å². The number of esters is 1. The highest BCUT2D eigenvalue weighted by Crippen LogP contribution is 2.65. The molecule has 4 N–H and O–H groups in total. The number of ether oxygens (including phenoxy) is 2. The number of rotatable bonds is 6. The van der Waals surface area contributed by atoms with Crippen molar-refractivity contribution in [3.63, 3.8) is 0 Å². The topological polar surface area (TPSA) is 146 Å². The molecule has 0 saturated carbocycles. The maximum absolute atomic E-state index is 12.5. The summed E-state index contributed by atoms with van der Waals surface area (Å²) in [6, 6.07) is 3.30. The minimum absolute atomic E-state index is 0.0224. The molecule has 1 saturated heterocycles. The number of carboxylic acid groups (broad SMARTS) is 1. The molecule has 2 aliphatic carbocycles. The van der Waals surface area contributed by atoms with E-state index in [1.54, 1.807) is 12.1 Å². The normalized spacial score (nSPS) is 30.8. The van der Waals surface area contributed by atoms with Crippen LogP contribution in [0.15, 0.2) is 36.1 Å². The fraction of sp³-hybridized carbons (Fsp3) is 0.458. The Labute approximate surface area is 195 Å². The number of hydrogen-bond donors (Lipinski definition) is 4. The predicted molar refractivity (Wildman–Crippen MR) is 117 cm³/mol. The number of nitrogens with zero attached hydrogens (tertiary/aromatic N) is 1. The average Bonchev–Trinajstić information content (AvgIpc) is 3.14. The lowest BCUT2D eigenvalue weighted by Gasteiger charge is -2.61. The summed E-state index contributed by atoms with van der Waals surface area (Å²) in [5.74, 6) is -1.93. The van der Waals surface area contributed by atoms with Crippen molar-refractivity contribution in [2.75, 3.05) is 20.1 Å². The van der Waals surface area contributed by atoms with Gasteiger partial charge in [-0.2, -0.15) is 0 Å². The van der Waals surface area contributed by atoms with E-state index >= 15 is 0 Å². The Hall–Kier alpha value is -3.37. The van der Waals surface area contributed by atoms with Crippen molar-refractivity contribution in [1.29, 1.82) is 0 Å². The van der Waals surface area contributed by atoms with E-state index in [1.165, 1.54) is 0 Å². The van der Waals surface area contributed by atoms with Crippen LogP contribution >= 0.6 is 0 Å². The summed E-state index contributed by atoms with van der Waals surface area (Å²) in [7, 11) is 1.98. The highest BCUT2D eigenvalue weighted by molar-refractivity contribution is 5.95. The molecule has 2 unspecified atom stereocenters. The van der Waals surface area contributed by atoms with Crippen LogP contribution in [0.2, 0.25) is 0 Å². The van der Waals surface area contributed by atoms with Gasteiger partial charge in [-0.1, -0.05) is 6.07 Å². The SMILES string of the molecule is CN1CCC23c4c5ccc(O)c4OC2C(OC(=O)/C=C/C(=O)NCCC(=O)O)=CC[C@@]3(O)[C@H]1C5. The molecule has 34 heavy (non-hydrogen) atoms. The number of phenolic OH excluding ortho intramolecular Hbond substituents is 1. The molecular formula is C24H26N2O8. The molecule has 1 spiro atoms. The van der Waals surface area contributed by atoms with Gasteiger partial charge in [-0.15, -0.1) is 0 Å². The van der Waals surface area contributed by atoms with E-state index in [2.05, 4.69) is 10.2 Å². The first kappa shape index (κ1) is 22.4. The highest BCUT2D eigenvalue weighted by atomic mass is 16.6. The smallest absolute Gasteiger partial charge is 0.336 e. The van der Waals surface area contributed by atoms with Crippen LogP contribution in [0.25, 0.3) is 0 Å². The number of amides is 1. The maximum atomic E-state index is 12.5.